The van der Waals surface area contributed by atoms with Crippen molar-refractivity contribution in [3.05, 3.63) is 58.0 Å². The summed E-state index contributed by atoms with van der Waals surface area (Å²) in [5.74, 6) is 0. The zero-order chi connectivity index (χ0) is 15.2. The van der Waals surface area contributed by atoms with Gasteiger partial charge in [-0.2, -0.15) is 0 Å². The molecule has 2 aromatic rings. The van der Waals surface area contributed by atoms with Gasteiger partial charge in [0.25, 0.3) is 5.56 Å². The van der Waals surface area contributed by atoms with Crippen LogP contribution >= 0.6 is 0 Å². The van der Waals surface area contributed by atoms with E-state index in [4.69, 9.17) is 0 Å². The fourth-order valence-electron chi connectivity index (χ4n) is 3.02. The Morgan fingerprint density at radius 1 is 0.955 bits per heavy atom. The predicted molar refractivity (Wildman–Crippen MR) is 87.9 cm³/mol. The maximum atomic E-state index is 11.1. The molecule has 1 aliphatic heterocycles. The lowest BCUT2D eigenvalue weighted by molar-refractivity contribution is 0.125. The number of benzene rings is 1. The molecule has 118 valence electrons. The zero-order valence-corrected chi connectivity index (χ0v) is 12.9. The van der Waals surface area contributed by atoms with Crippen molar-refractivity contribution in [2.45, 2.75) is 19.4 Å². The molecule has 0 radical (unpaired) electrons. The van der Waals surface area contributed by atoms with Crippen molar-refractivity contribution in [2.75, 3.05) is 32.7 Å². The number of nitrogens with one attached hydrogen (secondary N) is 2. The summed E-state index contributed by atoms with van der Waals surface area (Å²) >= 11 is 0. The normalized spacial score (nSPS) is 16.9. The van der Waals surface area contributed by atoms with Crippen LogP contribution in [0.25, 0.3) is 0 Å². The average Bonchev–Trinajstić information content (AvgIpc) is 2.95. The smallest absolute Gasteiger partial charge is 0.264 e. The Kier molecular flexibility index (Phi) is 5.08. The number of H-pyrrole nitrogens is 2. The minimum absolute atomic E-state index is 0.0467. The number of nitrogens with zero attached hydrogens (tertiary/aromatic N) is 2. The molecule has 0 unspecified atom stereocenters. The third kappa shape index (κ3) is 4.32. The summed E-state index contributed by atoms with van der Waals surface area (Å²) in [4.78, 5) is 16.0. The van der Waals surface area contributed by atoms with Crippen LogP contribution in [0.3, 0.4) is 0 Å². The highest BCUT2D eigenvalue weighted by molar-refractivity contribution is 5.14. The van der Waals surface area contributed by atoms with Crippen LogP contribution < -0.4 is 5.56 Å². The van der Waals surface area contributed by atoms with Crippen molar-refractivity contribution >= 4 is 0 Å². The second-order valence-corrected chi connectivity index (χ2v) is 5.99. The monoisotopic (exact) mass is 300 g/mol. The molecule has 2 N–H and O–H groups in total. The SMILES string of the molecule is O=c1cc(CN2CCN(CCCc3ccccc3)CC2)[nH][nH]1. The first-order chi connectivity index (χ1) is 10.8. The fourth-order valence-corrected chi connectivity index (χ4v) is 3.02. The van der Waals surface area contributed by atoms with E-state index < -0.39 is 0 Å². The van der Waals surface area contributed by atoms with Gasteiger partial charge in [-0.3, -0.25) is 14.8 Å². The largest absolute Gasteiger partial charge is 0.301 e. The minimum Gasteiger partial charge on any atom is -0.301 e. The first-order valence-corrected chi connectivity index (χ1v) is 8.05. The standard InChI is InChI=1S/C17H24N4O/c22-17-13-16(18-19-17)14-21-11-9-20(10-12-21)8-4-7-15-5-2-1-3-6-15/h1-3,5-6,13H,4,7-12,14H2,(H2,18,19,22). The Labute approximate surface area is 130 Å². The molecular formula is C17H24N4O. The van der Waals surface area contributed by atoms with E-state index in [9.17, 15) is 4.79 Å². The molecule has 3 rings (SSSR count). The Bertz CT molecular complexity index is 611. The van der Waals surface area contributed by atoms with Crippen LogP contribution in [0, 0.1) is 0 Å². The van der Waals surface area contributed by atoms with Crippen LogP contribution in [0.4, 0.5) is 0 Å². The van der Waals surface area contributed by atoms with E-state index in [0.29, 0.717) is 0 Å². The first-order valence-electron chi connectivity index (χ1n) is 8.05. The lowest BCUT2D eigenvalue weighted by Crippen LogP contribution is -2.46. The van der Waals surface area contributed by atoms with Gasteiger partial charge in [0.15, 0.2) is 0 Å². The van der Waals surface area contributed by atoms with Crippen molar-refractivity contribution < 1.29 is 0 Å². The van der Waals surface area contributed by atoms with Gasteiger partial charge in [-0.05, 0) is 24.9 Å². The topological polar surface area (TPSA) is 55.1 Å². The second kappa shape index (κ2) is 7.42. The van der Waals surface area contributed by atoms with Crippen LogP contribution in [-0.4, -0.2) is 52.7 Å². The molecule has 0 amide bonds. The fraction of sp³-hybridized carbons (Fsp3) is 0.471. The summed E-state index contributed by atoms with van der Waals surface area (Å²) < 4.78 is 0. The Balaban J connectivity index is 1.36. The molecular weight excluding hydrogens is 276 g/mol. The van der Waals surface area contributed by atoms with E-state index in [-0.39, 0.29) is 5.56 Å². The molecule has 1 fully saturated rings. The van der Waals surface area contributed by atoms with Gasteiger partial charge in [-0.15, -0.1) is 0 Å². The lowest BCUT2D eigenvalue weighted by Gasteiger charge is -2.34. The second-order valence-electron chi connectivity index (χ2n) is 5.99. The molecule has 0 spiro atoms. The number of aryl methyl sites for hydroxylation is 1. The number of aromatic amines is 2. The Morgan fingerprint density at radius 3 is 2.36 bits per heavy atom. The van der Waals surface area contributed by atoms with Crippen molar-refractivity contribution in [2.24, 2.45) is 0 Å². The van der Waals surface area contributed by atoms with Crippen molar-refractivity contribution in [3.63, 3.8) is 0 Å². The molecule has 5 heteroatoms. The van der Waals surface area contributed by atoms with Gasteiger partial charge in [0, 0.05) is 38.8 Å². The molecule has 1 saturated heterocycles. The van der Waals surface area contributed by atoms with Gasteiger partial charge < -0.3 is 10.00 Å². The summed E-state index contributed by atoms with van der Waals surface area (Å²) in [7, 11) is 0. The quantitative estimate of drug-likeness (QED) is 0.849. The number of piperazine rings is 1. The van der Waals surface area contributed by atoms with Gasteiger partial charge in [-0.1, -0.05) is 30.3 Å². The number of aromatic nitrogens is 2. The predicted octanol–water partition coefficient (Wildman–Crippen LogP) is 1.45. The van der Waals surface area contributed by atoms with Crippen LogP contribution in [0.1, 0.15) is 17.7 Å². The van der Waals surface area contributed by atoms with E-state index in [1.807, 2.05) is 0 Å². The highest BCUT2D eigenvalue weighted by atomic mass is 16.1. The van der Waals surface area contributed by atoms with E-state index in [2.05, 4.69) is 50.3 Å². The van der Waals surface area contributed by atoms with E-state index in [1.165, 1.54) is 18.5 Å². The first kappa shape index (κ1) is 15.1. The van der Waals surface area contributed by atoms with Crippen LogP contribution in [0.15, 0.2) is 41.2 Å². The minimum atomic E-state index is -0.0467. The van der Waals surface area contributed by atoms with E-state index >= 15 is 0 Å². The molecule has 1 aliphatic rings. The van der Waals surface area contributed by atoms with Crippen molar-refractivity contribution in [1.82, 2.24) is 20.0 Å². The molecule has 1 aromatic carbocycles. The Morgan fingerprint density at radius 2 is 1.68 bits per heavy atom. The molecule has 22 heavy (non-hydrogen) atoms. The number of hydrogen-bond donors (Lipinski definition) is 2. The molecule has 0 bridgehead atoms. The summed E-state index contributed by atoms with van der Waals surface area (Å²) in [5, 5.41) is 5.52. The van der Waals surface area contributed by atoms with Crippen LogP contribution in [0.2, 0.25) is 0 Å². The molecule has 0 saturated carbocycles. The maximum absolute atomic E-state index is 11.1. The van der Waals surface area contributed by atoms with Crippen LogP contribution in [0.5, 0.6) is 0 Å². The summed E-state index contributed by atoms with van der Waals surface area (Å²) in [6, 6.07) is 12.3. The summed E-state index contributed by atoms with van der Waals surface area (Å²) in [6.07, 6.45) is 2.38. The zero-order valence-electron chi connectivity index (χ0n) is 12.9. The number of rotatable bonds is 6. The van der Waals surface area contributed by atoms with E-state index in [1.54, 1.807) is 6.07 Å². The molecule has 1 aromatic heterocycles. The molecule has 5 nitrogen and oxygen atoms in total. The number of hydrogen-bond acceptors (Lipinski definition) is 3. The average molecular weight is 300 g/mol. The Hall–Kier alpha value is -1.85. The molecule has 0 aliphatic carbocycles. The van der Waals surface area contributed by atoms with Gasteiger partial charge in [0.2, 0.25) is 0 Å². The molecule has 2 heterocycles. The van der Waals surface area contributed by atoms with Gasteiger partial charge in [0.05, 0.1) is 5.69 Å². The van der Waals surface area contributed by atoms with Gasteiger partial charge in [-0.25, -0.2) is 0 Å². The highest BCUT2D eigenvalue weighted by Gasteiger charge is 2.17. The lowest BCUT2D eigenvalue weighted by atomic mass is 10.1. The van der Waals surface area contributed by atoms with Gasteiger partial charge in [0.1, 0.15) is 0 Å². The van der Waals surface area contributed by atoms with Crippen molar-refractivity contribution in [3.8, 4) is 0 Å². The highest BCUT2D eigenvalue weighted by Crippen LogP contribution is 2.08. The summed E-state index contributed by atoms with van der Waals surface area (Å²) in [6.45, 7) is 6.37. The van der Waals surface area contributed by atoms with Gasteiger partial charge >= 0.3 is 0 Å². The maximum Gasteiger partial charge on any atom is 0.264 e. The van der Waals surface area contributed by atoms with Crippen molar-refractivity contribution in [1.29, 1.82) is 0 Å². The summed E-state index contributed by atoms with van der Waals surface area (Å²) in [5.41, 5.74) is 2.36. The van der Waals surface area contributed by atoms with Crippen LogP contribution in [-0.2, 0) is 13.0 Å². The van der Waals surface area contributed by atoms with E-state index in [0.717, 1.165) is 44.8 Å². The third-order valence-electron chi connectivity index (χ3n) is 4.29. The third-order valence-corrected chi connectivity index (χ3v) is 4.29. The molecule has 0 atom stereocenters.